The second-order valence-corrected chi connectivity index (χ2v) is 6.76. The fourth-order valence-electron chi connectivity index (χ4n) is 3.30. The molecule has 0 aliphatic carbocycles. The monoisotopic (exact) mass is 342 g/mol. The molecule has 0 radical (unpaired) electrons. The predicted molar refractivity (Wildman–Crippen MR) is 94.9 cm³/mol. The molecule has 134 valence electrons. The molecule has 25 heavy (non-hydrogen) atoms. The molecule has 0 aromatic carbocycles. The Morgan fingerprint density at radius 2 is 2.20 bits per heavy atom. The first-order valence-corrected chi connectivity index (χ1v) is 8.78. The number of nitrogens with one attached hydrogen (secondary N) is 2. The first kappa shape index (κ1) is 17.5. The van der Waals surface area contributed by atoms with Gasteiger partial charge in [0.15, 0.2) is 0 Å². The van der Waals surface area contributed by atoms with Crippen molar-refractivity contribution in [1.82, 2.24) is 30.4 Å². The normalized spacial score (nSPS) is 14.9. The Morgan fingerprint density at radius 3 is 2.92 bits per heavy atom. The average molecular weight is 342 g/mol. The average Bonchev–Trinajstić information content (AvgIpc) is 2.90. The van der Waals surface area contributed by atoms with E-state index in [4.69, 9.17) is 0 Å². The van der Waals surface area contributed by atoms with E-state index >= 15 is 0 Å². The molecule has 0 bridgehead atoms. The molecule has 7 nitrogen and oxygen atoms in total. The maximum absolute atomic E-state index is 12.5. The quantitative estimate of drug-likeness (QED) is 0.853. The van der Waals surface area contributed by atoms with Crippen molar-refractivity contribution < 1.29 is 4.79 Å². The van der Waals surface area contributed by atoms with E-state index in [1.165, 1.54) is 11.1 Å². The van der Waals surface area contributed by atoms with Crippen LogP contribution in [0.4, 0.5) is 0 Å². The lowest BCUT2D eigenvalue weighted by atomic mass is 9.96. The number of amides is 1. The van der Waals surface area contributed by atoms with Gasteiger partial charge in [0.2, 0.25) is 5.91 Å². The van der Waals surface area contributed by atoms with E-state index in [2.05, 4.69) is 25.7 Å². The second kappa shape index (κ2) is 7.31. The van der Waals surface area contributed by atoms with Crippen LogP contribution in [-0.2, 0) is 30.8 Å². The van der Waals surface area contributed by atoms with Gasteiger partial charge in [0.1, 0.15) is 11.6 Å². The fraction of sp³-hybridized carbons (Fsp3) is 0.556. The van der Waals surface area contributed by atoms with Crippen molar-refractivity contribution in [2.45, 2.75) is 53.8 Å². The van der Waals surface area contributed by atoms with E-state index in [1.54, 1.807) is 4.68 Å². The van der Waals surface area contributed by atoms with Crippen LogP contribution in [0.1, 0.15) is 41.0 Å². The number of carbonyl (C=O) groups is 1. The SMILES string of the molecule is Cc1nc(C)n(CC(C)C(=O)NCc2c(C)ncc3c2CCNC3)n1. The van der Waals surface area contributed by atoms with Gasteiger partial charge in [0.05, 0.1) is 12.5 Å². The Kier molecular flexibility index (Phi) is 5.13. The van der Waals surface area contributed by atoms with Gasteiger partial charge < -0.3 is 10.6 Å². The van der Waals surface area contributed by atoms with Crippen molar-refractivity contribution in [3.05, 3.63) is 40.2 Å². The van der Waals surface area contributed by atoms with E-state index in [9.17, 15) is 4.79 Å². The number of aromatic nitrogens is 4. The highest BCUT2D eigenvalue weighted by Gasteiger charge is 2.19. The molecule has 7 heteroatoms. The Hall–Kier alpha value is -2.28. The maximum atomic E-state index is 12.5. The predicted octanol–water partition coefficient (Wildman–Crippen LogP) is 1.20. The number of nitrogens with zero attached hydrogens (tertiary/aromatic N) is 4. The second-order valence-electron chi connectivity index (χ2n) is 6.76. The Balaban J connectivity index is 1.65. The van der Waals surface area contributed by atoms with Gasteiger partial charge in [-0.2, -0.15) is 5.10 Å². The third kappa shape index (κ3) is 3.87. The van der Waals surface area contributed by atoms with E-state index in [0.717, 1.165) is 42.4 Å². The number of rotatable bonds is 5. The Morgan fingerprint density at radius 1 is 1.40 bits per heavy atom. The van der Waals surface area contributed by atoms with Crippen LogP contribution in [0.3, 0.4) is 0 Å². The summed E-state index contributed by atoms with van der Waals surface area (Å²) in [6.45, 7) is 10.6. The lowest BCUT2D eigenvalue weighted by molar-refractivity contribution is -0.125. The summed E-state index contributed by atoms with van der Waals surface area (Å²) in [5, 5.41) is 10.8. The lowest BCUT2D eigenvalue weighted by Gasteiger charge is -2.22. The molecule has 0 fully saturated rings. The molecule has 1 atom stereocenters. The smallest absolute Gasteiger partial charge is 0.224 e. The third-order valence-electron chi connectivity index (χ3n) is 4.77. The first-order chi connectivity index (χ1) is 12.0. The van der Waals surface area contributed by atoms with Crippen molar-refractivity contribution in [1.29, 1.82) is 0 Å². The number of aryl methyl sites for hydroxylation is 3. The molecular weight excluding hydrogens is 316 g/mol. The molecule has 1 unspecified atom stereocenters. The van der Waals surface area contributed by atoms with Gasteiger partial charge in [-0.3, -0.25) is 9.78 Å². The lowest BCUT2D eigenvalue weighted by Crippen LogP contribution is -2.33. The minimum Gasteiger partial charge on any atom is -0.352 e. The highest BCUT2D eigenvalue weighted by molar-refractivity contribution is 5.78. The van der Waals surface area contributed by atoms with E-state index in [-0.39, 0.29) is 11.8 Å². The zero-order valence-electron chi connectivity index (χ0n) is 15.4. The molecule has 1 amide bonds. The van der Waals surface area contributed by atoms with Crippen molar-refractivity contribution in [2.75, 3.05) is 6.54 Å². The van der Waals surface area contributed by atoms with Gasteiger partial charge in [0, 0.05) is 25.0 Å². The van der Waals surface area contributed by atoms with Crippen LogP contribution in [0, 0.1) is 26.7 Å². The van der Waals surface area contributed by atoms with E-state index in [1.807, 2.05) is 33.9 Å². The molecule has 0 saturated carbocycles. The summed E-state index contributed by atoms with van der Waals surface area (Å²) in [6.07, 6.45) is 2.93. The first-order valence-electron chi connectivity index (χ1n) is 8.78. The molecule has 2 N–H and O–H groups in total. The topological polar surface area (TPSA) is 84.7 Å². The summed E-state index contributed by atoms with van der Waals surface area (Å²) in [4.78, 5) is 21.3. The van der Waals surface area contributed by atoms with Gasteiger partial charge in [0.25, 0.3) is 0 Å². The standard InChI is InChI=1S/C18H26N6O/c1-11(10-24-14(4)22-13(3)23-24)18(25)21-9-17-12(2)20-8-15-7-19-6-5-16(15)17/h8,11,19H,5-7,9-10H2,1-4H3,(H,21,25). The van der Waals surface area contributed by atoms with Crippen LogP contribution in [0.2, 0.25) is 0 Å². The summed E-state index contributed by atoms with van der Waals surface area (Å²) in [5.41, 5.74) is 4.73. The Labute approximate surface area is 148 Å². The number of hydrogen-bond acceptors (Lipinski definition) is 5. The van der Waals surface area contributed by atoms with Crippen molar-refractivity contribution in [3.8, 4) is 0 Å². The molecule has 2 aromatic rings. The molecule has 1 aliphatic rings. The molecule has 2 aromatic heterocycles. The molecule has 1 aliphatic heterocycles. The number of pyridine rings is 1. The van der Waals surface area contributed by atoms with Gasteiger partial charge in [-0.15, -0.1) is 0 Å². The zero-order chi connectivity index (χ0) is 18.0. The summed E-state index contributed by atoms with van der Waals surface area (Å²) in [7, 11) is 0. The van der Waals surface area contributed by atoms with Gasteiger partial charge >= 0.3 is 0 Å². The number of fused-ring (bicyclic) bond motifs is 1. The highest BCUT2D eigenvalue weighted by atomic mass is 16.1. The minimum absolute atomic E-state index is 0.0264. The largest absolute Gasteiger partial charge is 0.352 e. The minimum atomic E-state index is -0.172. The van der Waals surface area contributed by atoms with E-state index < -0.39 is 0 Å². The highest BCUT2D eigenvalue weighted by Crippen LogP contribution is 2.20. The Bertz CT molecular complexity index is 782. The summed E-state index contributed by atoms with van der Waals surface area (Å²) in [6, 6.07) is 0. The van der Waals surface area contributed by atoms with Crippen molar-refractivity contribution in [2.24, 2.45) is 5.92 Å². The maximum Gasteiger partial charge on any atom is 0.224 e. The molecule has 3 heterocycles. The summed E-state index contributed by atoms with van der Waals surface area (Å²) in [5.74, 6) is 1.42. The number of hydrogen-bond donors (Lipinski definition) is 2. The van der Waals surface area contributed by atoms with Crippen molar-refractivity contribution >= 4 is 5.91 Å². The zero-order valence-corrected chi connectivity index (χ0v) is 15.4. The molecule has 3 rings (SSSR count). The van der Waals surface area contributed by atoms with Crippen LogP contribution < -0.4 is 10.6 Å². The van der Waals surface area contributed by atoms with Crippen LogP contribution in [0.15, 0.2) is 6.20 Å². The fourth-order valence-corrected chi connectivity index (χ4v) is 3.30. The van der Waals surface area contributed by atoms with Crippen LogP contribution in [0.5, 0.6) is 0 Å². The molecular formula is C18H26N6O. The van der Waals surface area contributed by atoms with Crippen LogP contribution in [0.25, 0.3) is 0 Å². The van der Waals surface area contributed by atoms with Crippen LogP contribution >= 0.6 is 0 Å². The third-order valence-corrected chi connectivity index (χ3v) is 4.77. The summed E-state index contributed by atoms with van der Waals surface area (Å²) < 4.78 is 1.79. The van der Waals surface area contributed by atoms with Gasteiger partial charge in [-0.25, -0.2) is 9.67 Å². The van der Waals surface area contributed by atoms with Crippen LogP contribution in [-0.4, -0.2) is 32.2 Å². The van der Waals surface area contributed by atoms with Gasteiger partial charge in [-0.05, 0) is 50.4 Å². The molecule has 0 saturated heterocycles. The van der Waals surface area contributed by atoms with E-state index in [0.29, 0.717) is 13.1 Å². The van der Waals surface area contributed by atoms with Crippen molar-refractivity contribution in [3.63, 3.8) is 0 Å². The molecule has 0 spiro atoms. The summed E-state index contributed by atoms with van der Waals surface area (Å²) >= 11 is 0. The van der Waals surface area contributed by atoms with Gasteiger partial charge in [-0.1, -0.05) is 6.92 Å². The number of carbonyl (C=O) groups excluding carboxylic acids is 1.